The van der Waals surface area contributed by atoms with Gasteiger partial charge < -0.3 is 5.11 Å². The average Bonchev–Trinajstić information content (AvgIpc) is 2.60. The van der Waals surface area contributed by atoms with Gasteiger partial charge in [-0.3, -0.25) is 0 Å². The molecule has 0 atom stereocenters. The van der Waals surface area contributed by atoms with Crippen molar-refractivity contribution >= 4 is 0 Å². The van der Waals surface area contributed by atoms with Gasteiger partial charge in [-0.25, -0.2) is 0 Å². The molecule has 0 heterocycles. The zero-order valence-corrected chi connectivity index (χ0v) is 16.1. The molecule has 0 saturated heterocycles. The summed E-state index contributed by atoms with van der Waals surface area (Å²) in [5.41, 5.74) is 1.10. The minimum Gasteiger partial charge on any atom is -0.508 e. The molecule has 0 amide bonds. The number of hydrogen-bond acceptors (Lipinski definition) is 1. The van der Waals surface area contributed by atoms with Crippen molar-refractivity contribution in [2.75, 3.05) is 0 Å². The van der Waals surface area contributed by atoms with E-state index in [1.54, 1.807) is 6.07 Å². The fraction of sp³-hybridized carbons (Fsp3) is 0.739. The summed E-state index contributed by atoms with van der Waals surface area (Å²) in [6.07, 6.45) is 22.0. The number of aryl methyl sites for hydroxylation is 1. The Labute approximate surface area is 150 Å². The molecule has 0 saturated carbocycles. The van der Waals surface area contributed by atoms with Gasteiger partial charge >= 0.3 is 0 Å². The van der Waals surface area contributed by atoms with E-state index in [9.17, 15) is 5.11 Å². The zero-order chi connectivity index (χ0) is 17.3. The molecule has 0 radical (unpaired) electrons. The molecule has 0 aliphatic carbocycles. The molecule has 0 aliphatic heterocycles. The Morgan fingerprint density at radius 2 is 1.00 bits per heavy atom. The van der Waals surface area contributed by atoms with Crippen molar-refractivity contribution in [1.82, 2.24) is 0 Å². The Morgan fingerprint density at radius 1 is 0.583 bits per heavy atom. The van der Waals surface area contributed by atoms with Crippen LogP contribution in [0.5, 0.6) is 5.75 Å². The van der Waals surface area contributed by atoms with E-state index in [2.05, 4.69) is 6.92 Å². The monoisotopic (exact) mass is 332 g/mol. The number of benzene rings is 1. The van der Waals surface area contributed by atoms with Crippen LogP contribution in [0, 0.1) is 0 Å². The van der Waals surface area contributed by atoms with Crippen LogP contribution in [0.2, 0.25) is 0 Å². The first-order valence-corrected chi connectivity index (χ1v) is 10.6. The number of unbranched alkanes of at least 4 members (excludes halogenated alkanes) is 14. The minimum atomic E-state index is 0.461. The Morgan fingerprint density at radius 3 is 1.46 bits per heavy atom. The van der Waals surface area contributed by atoms with Crippen molar-refractivity contribution in [3.05, 3.63) is 29.8 Å². The van der Waals surface area contributed by atoms with Crippen molar-refractivity contribution < 1.29 is 5.11 Å². The maximum absolute atomic E-state index is 9.73. The van der Waals surface area contributed by atoms with E-state index in [1.165, 1.54) is 96.3 Å². The van der Waals surface area contributed by atoms with Gasteiger partial charge in [0.05, 0.1) is 0 Å². The zero-order valence-electron chi connectivity index (χ0n) is 16.1. The van der Waals surface area contributed by atoms with Gasteiger partial charge in [-0.05, 0) is 24.5 Å². The third-order valence-corrected chi connectivity index (χ3v) is 5.04. The lowest BCUT2D eigenvalue weighted by atomic mass is 10.0. The van der Waals surface area contributed by atoms with Crippen LogP contribution in [0.1, 0.15) is 109 Å². The number of para-hydroxylation sites is 1. The number of aromatic hydroxyl groups is 1. The van der Waals surface area contributed by atoms with Crippen LogP contribution in [-0.4, -0.2) is 5.11 Å². The van der Waals surface area contributed by atoms with Gasteiger partial charge in [-0.1, -0.05) is 115 Å². The molecule has 1 N–H and O–H groups in total. The van der Waals surface area contributed by atoms with Gasteiger partial charge in [0, 0.05) is 0 Å². The van der Waals surface area contributed by atoms with Gasteiger partial charge in [-0.15, -0.1) is 0 Å². The highest BCUT2D eigenvalue weighted by molar-refractivity contribution is 5.31. The maximum atomic E-state index is 9.73. The van der Waals surface area contributed by atoms with Crippen LogP contribution >= 0.6 is 0 Å². The van der Waals surface area contributed by atoms with E-state index in [4.69, 9.17) is 0 Å². The summed E-state index contributed by atoms with van der Waals surface area (Å²) < 4.78 is 0. The fourth-order valence-corrected chi connectivity index (χ4v) is 3.41. The third-order valence-electron chi connectivity index (χ3n) is 5.04. The number of phenols is 1. The minimum absolute atomic E-state index is 0.461. The summed E-state index contributed by atoms with van der Waals surface area (Å²) in [5, 5.41) is 9.73. The van der Waals surface area contributed by atoms with Gasteiger partial charge in [0.1, 0.15) is 5.75 Å². The predicted octanol–water partition coefficient (Wildman–Crippen LogP) is 7.81. The maximum Gasteiger partial charge on any atom is 0.118 e. The molecular formula is C23H40O. The number of rotatable bonds is 16. The van der Waals surface area contributed by atoms with Crippen molar-refractivity contribution in [3.8, 4) is 5.75 Å². The summed E-state index contributed by atoms with van der Waals surface area (Å²) in [7, 11) is 0. The van der Waals surface area contributed by atoms with Crippen molar-refractivity contribution in [3.63, 3.8) is 0 Å². The number of phenolic OH excluding ortho intramolecular Hbond substituents is 1. The first-order valence-electron chi connectivity index (χ1n) is 10.6. The van der Waals surface area contributed by atoms with Gasteiger partial charge in [0.2, 0.25) is 0 Å². The second-order valence-electron chi connectivity index (χ2n) is 7.33. The lowest BCUT2D eigenvalue weighted by Gasteiger charge is -2.05. The van der Waals surface area contributed by atoms with Crippen molar-refractivity contribution in [2.24, 2.45) is 0 Å². The van der Waals surface area contributed by atoms with E-state index in [-0.39, 0.29) is 0 Å². The predicted molar refractivity (Wildman–Crippen MR) is 107 cm³/mol. The number of hydrogen-bond donors (Lipinski definition) is 1. The molecule has 1 aromatic rings. The van der Waals surface area contributed by atoms with Crippen LogP contribution in [0.3, 0.4) is 0 Å². The topological polar surface area (TPSA) is 20.2 Å². The van der Waals surface area contributed by atoms with Crippen molar-refractivity contribution in [1.29, 1.82) is 0 Å². The normalized spacial score (nSPS) is 11.0. The molecule has 0 aliphatic rings. The van der Waals surface area contributed by atoms with Gasteiger partial charge in [0.15, 0.2) is 0 Å². The van der Waals surface area contributed by atoms with E-state index >= 15 is 0 Å². The molecule has 1 nitrogen and oxygen atoms in total. The average molecular weight is 333 g/mol. The summed E-state index contributed by atoms with van der Waals surface area (Å²) in [4.78, 5) is 0. The SMILES string of the molecule is CCCCCCCCCCCCCCCCCc1ccccc1O. The molecule has 0 fully saturated rings. The third kappa shape index (κ3) is 11.5. The smallest absolute Gasteiger partial charge is 0.118 e. The molecule has 0 spiro atoms. The van der Waals surface area contributed by atoms with Gasteiger partial charge in [-0.2, -0.15) is 0 Å². The Bertz CT molecular complexity index is 385. The van der Waals surface area contributed by atoms with Crippen LogP contribution in [0.25, 0.3) is 0 Å². The molecule has 0 unspecified atom stereocenters. The van der Waals surface area contributed by atoms with E-state index in [0.717, 1.165) is 12.0 Å². The standard InChI is InChI=1S/C23H40O/c1-2-3-4-5-6-7-8-9-10-11-12-13-14-15-16-19-22-20-17-18-21-23(22)24/h17-18,20-21,24H,2-16,19H2,1H3. The lowest BCUT2D eigenvalue weighted by Crippen LogP contribution is -1.87. The Kier molecular flexibility index (Phi) is 13.6. The van der Waals surface area contributed by atoms with Crippen LogP contribution in [-0.2, 0) is 6.42 Å². The second-order valence-corrected chi connectivity index (χ2v) is 7.33. The second kappa shape index (κ2) is 15.5. The van der Waals surface area contributed by atoms with Crippen molar-refractivity contribution in [2.45, 2.75) is 110 Å². The van der Waals surface area contributed by atoms with E-state index < -0.39 is 0 Å². The largest absolute Gasteiger partial charge is 0.508 e. The van der Waals surface area contributed by atoms with E-state index in [1.807, 2.05) is 18.2 Å². The molecule has 0 bridgehead atoms. The quantitative estimate of drug-likeness (QED) is 0.306. The summed E-state index contributed by atoms with van der Waals surface area (Å²) in [6, 6.07) is 7.74. The molecule has 1 heteroatoms. The van der Waals surface area contributed by atoms with Crippen LogP contribution in [0.15, 0.2) is 24.3 Å². The summed E-state index contributed by atoms with van der Waals surface area (Å²) >= 11 is 0. The lowest BCUT2D eigenvalue weighted by molar-refractivity contribution is 0.465. The molecule has 1 aromatic carbocycles. The highest BCUT2D eigenvalue weighted by Crippen LogP contribution is 2.19. The van der Waals surface area contributed by atoms with Crippen LogP contribution in [0.4, 0.5) is 0 Å². The van der Waals surface area contributed by atoms with Gasteiger partial charge in [0.25, 0.3) is 0 Å². The first-order chi connectivity index (χ1) is 11.8. The highest BCUT2D eigenvalue weighted by Gasteiger charge is 1.99. The molecular weight excluding hydrogens is 292 g/mol. The summed E-state index contributed by atoms with van der Waals surface area (Å²) in [6.45, 7) is 2.29. The molecule has 24 heavy (non-hydrogen) atoms. The molecule has 138 valence electrons. The summed E-state index contributed by atoms with van der Waals surface area (Å²) in [5.74, 6) is 0.461. The Balaban J connectivity index is 1.77. The fourth-order valence-electron chi connectivity index (χ4n) is 3.41. The highest BCUT2D eigenvalue weighted by atomic mass is 16.3. The Hall–Kier alpha value is -0.980. The molecule has 1 rings (SSSR count). The first kappa shape index (κ1) is 21.1. The van der Waals surface area contributed by atoms with Crippen LogP contribution < -0.4 is 0 Å². The molecule has 0 aromatic heterocycles. The van der Waals surface area contributed by atoms with E-state index in [0.29, 0.717) is 5.75 Å².